The standard InChI is InChI=1S/C16H22N2O3/c1-16(2,3)21-15(20)12-5-4-10-8-11(14(17)19)6-7-13(10)18-9-12/h6-8,12,18H,4-5,9H2,1-3H3,(H2,17,19). The topological polar surface area (TPSA) is 81.4 Å². The summed E-state index contributed by atoms with van der Waals surface area (Å²) in [5.41, 5.74) is 7.27. The van der Waals surface area contributed by atoms with E-state index >= 15 is 0 Å². The quantitative estimate of drug-likeness (QED) is 0.817. The number of hydrogen-bond donors (Lipinski definition) is 2. The maximum absolute atomic E-state index is 12.2. The first-order valence-electron chi connectivity index (χ1n) is 7.16. The number of carbonyl (C=O) groups excluding carboxylic acids is 2. The van der Waals surface area contributed by atoms with Crippen molar-refractivity contribution in [3.8, 4) is 0 Å². The molecular weight excluding hydrogens is 268 g/mol. The van der Waals surface area contributed by atoms with Gasteiger partial charge in [0.25, 0.3) is 0 Å². The van der Waals surface area contributed by atoms with Crippen molar-refractivity contribution < 1.29 is 14.3 Å². The van der Waals surface area contributed by atoms with Gasteiger partial charge in [0.05, 0.1) is 5.92 Å². The Bertz CT molecular complexity index is 561. The van der Waals surface area contributed by atoms with Crippen LogP contribution < -0.4 is 11.1 Å². The average Bonchev–Trinajstić information content (AvgIpc) is 2.58. The van der Waals surface area contributed by atoms with E-state index in [0.717, 1.165) is 11.3 Å². The van der Waals surface area contributed by atoms with Gasteiger partial charge in [0.1, 0.15) is 5.60 Å². The summed E-state index contributed by atoms with van der Waals surface area (Å²) in [6.45, 7) is 6.13. The first-order chi connectivity index (χ1) is 9.76. The average molecular weight is 290 g/mol. The number of benzene rings is 1. The number of carbonyl (C=O) groups is 2. The Hall–Kier alpha value is -2.04. The molecule has 1 aromatic carbocycles. The molecule has 1 unspecified atom stereocenters. The van der Waals surface area contributed by atoms with Gasteiger partial charge in [0, 0.05) is 17.8 Å². The molecular formula is C16H22N2O3. The summed E-state index contributed by atoms with van der Waals surface area (Å²) in [6, 6.07) is 5.33. The zero-order valence-corrected chi connectivity index (χ0v) is 12.7. The SMILES string of the molecule is CC(C)(C)OC(=O)C1CCc2cc(C(N)=O)ccc2NC1. The number of aryl methyl sites for hydroxylation is 1. The van der Waals surface area contributed by atoms with Crippen molar-refractivity contribution in [1.82, 2.24) is 0 Å². The van der Waals surface area contributed by atoms with Crippen LogP contribution in [0.4, 0.5) is 5.69 Å². The van der Waals surface area contributed by atoms with Gasteiger partial charge in [-0.3, -0.25) is 9.59 Å². The molecule has 1 amide bonds. The lowest BCUT2D eigenvalue weighted by atomic mass is 9.99. The van der Waals surface area contributed by atoms with E-state index in [1.54, 1.807) is 12.1 Å². The van der Waals surface area contributed by atoms with Gasteiger partial charge in [-0.2, -0.15) is 0 Å². The van der Waals surface area contributed by atoms with E-state index in [0.29, 0.717) is 24.9 Å². The van der Waals surface area contributed by atoms with Crippen LogP contribution in [0.2, 0.25) is 0 Å². The van der Waals surface area contributed by atoms with Crippen molar-refractivity contribution in [2.45, 2.75) is 39.2 Å². The molecule has 0 saturated carbocycles. The zero-order valence-electron chi connectivity index (χ0n) is 12.7. The van der Waals surface area contributed by atoms with Crippen LogP contribution in [-0.4, -0.2) is 24.0 Å². The van der Waals surface area contributed by atoms with Crippen molar-refractivity contribution in [2.75, 3.05) is 11.9 Å². The molecule has 1 heterocycles. The van der Waals surface area contributed by atoms with Gasteiger partial charge in [-0.25, -0.2) is 0 Å². The molecule has 1 atom stereocenters. The summed E-state index contributed by atoms with van der Waals surface area (Å²) in [4.78, 5) is 23.4. The predicted molar refractivity (Wildman–Crippen MR) is 81.1 cm³/mol. The molecule has 114 valence electrons. The summed E-state index contributed by atoms with van der Waals surface area (Å²) >= 11 is 0. The van der Waals surface area contributed by atoms with Crippen LogP contribution in [0.5, 0.6) is 0 Å². The molecule has 5 nitrogen and oxygen atoms in total. The second-order valence-electron chi connectivity index (χ2n) is 6.39. The molecule has 3 N–H and O–H groups in total. The molecule has 0 aromatic heterocycles. The molecule has 0 fully saturated rings. The predicted octanol–water partition coefficient (Wildman–Crippen LogP) is 2.10. The van der Waals surface area contributed by atoms with Crippen molar-refractivity contribution in [1.29, 1.82) is 0 Å². The summed E-state index contributed by atoms with van der Waals surface area (Å²) in [7, 11) is 0. The van der Waals surface area contributed by atoms with E-state index in [4.69, 9.17) is 10.5 Å². The van der Waals surface area contributed by atoms with Crippen LogP contribution in [0.1, 0.15) is 43.1 Å². The highest BCUT2D eigenvalue weighted by molar-refractivity contribution is 5.93. The third kappa shape index (κ3) is 3.97. The Balaban J connectivity index is 2.10. The third-order valence-electron chi connectivity index (χ3n) is 3.43. The van der Waals surface area contributed by atoms with Gasteiger partial charge < -0.3 is 15.8 Å². The fourth-order valence-corrected chi connectivity index (χ4v) is 2.38. The molecule has 1 aliphatic heterocycles. The summed E-state index contributed by atoms with van der Waals surface area (Å²) < 4.78 is 5.44. The molecule has 0 radical (unpaired) electrons. The van der Waals surface area contributed by atoms with Crippen LogP contribution in [0.3, 0.4) is 0 Å². The van der Waals surface area contributed by atoms with E-state index in [1.165, 1.54) is 0 Å². The number of ether oxygens (including phenoxy) is 1. The molecule has 21 heavy (non-hydrogen) atoms. The molecule has 1 aliphatic rings. The highest BCUT2D eigenvalue weighted by Gasteiger charge is 2.27. The highest BCUT2D eigenvalue weighted by atomic mass is 16.6. The lowest BCUT2D eigenvalue weighted by molar-refractivity contribution is -0.159. The van der Waals surface area contributed by atoms with Gasteiger partial charge in [0.15, 0.2) is 0 Å². The fraction of sp³-hybridized carbons (Fsp3) is 0.500. The number of amides is 1. The molecule has 5 heteroatoms. The number of fused-ring (bicyclic) bond motifs is 1. The smallest absolute Gasteiger partial charge is 0.311 e. The molecule has 1 aromatic rings. The fourth-order valence-electron chi connectivity index (χ4n) is 2.38. The van der Waals surface area contributed by atoms with Crippen LogP contribution in [0.25, 0.3) is 0 Å². The number of primary amides is 1. The minimum absolute atomic E-state index is 0.182. The van der Waals surface area contributed by atoms with Crippen LogP contribution >= 0.6 is 0 Å². The minimum atomic E-state index is -0.477. The number of nitrogens with two attached hydrogens (primary N) is 1. The van der Waals surface area contributed by atoms with Crippen LogP contribution in [0.15, 0.2) is 18.2 Å². The Morgan fingerprint density at radius 2 is 2.05 bits per heavy atom. The van der Waals surface area contributed by atoms with Gasteiger partial charge in [-0.15, -0.1) is 0 Å². The number of anilines is 1. The highest BCUT2D eigenvalue weighted by Crippen LogP contribution is 2.26. The minimum Gasteiger partial charge on any atom is -0.460 e. The second-order valence-corrected chi connectivity index (χ2v) is 6.39. The Labute approximate surface area is 124 Å². The maximum atomic E-state index is 12.2. The van der Waals surface area contributed by atoms with E-state index in [2.05, 4.69) is 5.32 Å². The maximum Gasteiger partial charge on any atom is 0.311 e. The summed E-state index contributed by atoms with van der Waals surface area (Å²) in [6.07, 6.45) is 1.41. The number of rotatable bonds is 2. The van der Waals surface area contributed by atoms with Gasteiger partial charge in [0.2, 0.25) is 5.91 Å². The zero-order chi connectivity index (χ0) is 15.6. The van der Waals surface area contributed by atoms with Crippen LogP contribution in [0, 0.1) is 5.92 Å². The summed E-state index contributed by atoms with van der Waals surface area (Å²) in [5.74, 6) is -0.808. The first kappa shape index (κ1) is 15.4. The Morgan fingerprint density at radius 1 is 1.33 bits per heavy atom. The first-order valence-corrected chi connectivity index (χ1v) is 7.16. The van der Waals surface area contributed by atoms with E-state index in [1.807, 2.05) is 26.8 Å². The largest absolute Gasteiger partial charge is 0.460 e. The van der Waals surface area contributed by atoms with Gasteiger partial charge in [-0.1, -0.05) is 0 Å². The monoisotopic (exact) mass is 290 g/mol. The third-order valence-corrected chi connectivity index (χ3v) is 3.43. The molecule has 2 rings (SSSR count). The Morgan fingerprint density at radius 3 is 2.67 bits per heavy atom. The van der Waals surface area contributed by atoms with Crippen LogP contribution in [-0.2, 0) is 16.0 Å². The molecule has 0 bridgehead atoms. The van der Waals surface area contributed by atoms with Crippen molar-refractivity contribution in [3.05, 3.63) is 29.3 Å². The second kappa shape index (κ2) is 5.76. The van der Waals surface area contributed by atoms with Crippen molar-refractivity contribution in [3.63, 3.8) is 0 Å². The lowest BCUT2D eigenvalue weighted by Gasteiger charge is -2.23. The molecule has 0 saturated heterocycles. The Kier molecular flexibility index (Phi) is 4.21. The number of hydrogen-bond acceptors (Lipinski definition) is 4. The number of esters is 1. The summed E-state index contributed by atoms with van der Waals surface area (Å²) in [5, 5.41) is 3.26. The van der Waals surface area contributed by atoms with Gasteiger partial charge in [-0.05, 0) is 57.4 Å². The van der Waals surface area contributed by atoms with E-state index in [9.17, 15) is 9.59 Å². The number of nitrogens with one attached hydrogen (secondary N) is 1. The normalized spacial score (nSPS) is 18.1. The van der Waals surface area contributed by atoms with Crippen molar-refractivity contribution in [2.24, 2.45) is 11.7 Å². The molecule has 0 aliphatic carbocycles. The van der Waals surface area contributed by atoms with Crippen molar-refractivity contribution >= 4 is 17.6 Å². The van der Waals surface area contributed by atoms with E-state index in [-0.39, 0.29) is 11.9 Å². The lowest BCUT2D eigenvalue weighted by Crippen LogP contribution is -2.31. The van der Waals surface area contributed by atoms with Gasteiger partial charge >= 0.3 is 5.97 Å². The van der Waals surface area contributed by atoms with E-state index < -0.39 is 11.5 Å². The molecule has 0 spiro atoms.